The van der Waals surface area contributed by atoms with Gasteiger partial charge in [0.15, 0.2) is 0 Å². The van der Waals surface area contributed by atoms with E-state index in [1.54, 1.807) is 0 Å². The van der Waals surface area contributed by atoms with Crippen molar-refractivity contribution >= 4 is 28.8 Å². The lowest BCUT2D eigenvalue weighted by Gasteiger charge is -2.29. The normalized spacial score (nSPS) is 17.3. The first-order valence-electron chi connectivity index (χ1n) is 9.71. The van der Waals surface area contributed by atoms with Gasteiger partial charge in [0, 0.05) is 48.9 Å². The summed E-state index contributed by atoms with van der Waals surface area (Å²) < 4.78 is 10.8. The summed E-state index contributed by atoms with van der Waals surface area (Å²) in [7, 11) is 0. The van der Waals surface area contributed by atoms with Gasteiger partial charge in [-0.25, -0.2) is 4.79 Å². The van der Waals surface area contributed by atoms with Crippen LogP contribution in [0.5, 0.6) is 0 Å². The highest BCUT2D eigenvalue weighted by molar-refractivity contribution is 5.99. The number of rotatable bonds is 4. The Labute approximate surface area is 165 Å². The maximum Gasteiger partial charge on any atom is 0.323 e. The molecule has 28 heavy (non-hydrogen) atoms. The molecule has 7 heteroatoms. The molecular formula is C21H26N4O3. The zero-order valence-corrected chi connectivity index (χ0v) is 15.9. The van der Waals surface area contributed by atoms with Gasteiger partial charge in [-0.15, -0.1) is 0 Å². The number of hydrogen-bond donors (Lipinski definition) is 2. The number of anilines is 4. The summed E-state index contributed by atoms with van der Waals surface area (Å²) in [4.78, 5) is 16.8. The van der Waals surface area contributed by atoms with Crippen molar-refractivity contribution in [1.29, 1.82) is 0 Å². The minimum absolute atomic E-state index is 0.252. The second-order valence-electron chi connectivity index (χ2n) is 6.87. The Morgan fingerprint density at radius 3 is 1.36 bits per heavy atom. The maximum atomic E-state index is 12.3. The first-order chi connectivity index (χ1) is 13.8. The van der Waals surface area contributed by atoms with Gasteiger partial charge in [-0.05, 0) is 48.5 Å². The molecule has 148 valence electrons. The largest absolute Gasteiger partial charge is 0.378 e. The van der Waals surface area contributed by atoms with Crippen LogP contribution < -0.4 is 20.4 Å². The predicted octanol–water partition coefficient (Wildman–Crippen LogP) is 3.00. The number of carbonyl (C=O) groups excluding carboxylic acids is 1. The zero-order chi connectivity index (χ0) is 19.2. The highest BCUT2D eigenvalue weighted by Gasteiger charge is 2.12. The molecule has 2 aliphatic heterocycles. The number of carbonyl (C=O) groups is 1. The van der Waals surface area contributed by atoms with Gasteiger partial charge in [0.1, 0.15) is 0 Å². The molecule has 0 bridgehead atoms. The molecule has 2 saturated heterocycles. The molecule has 0 unspecified atom stereocenters. The van der Waals surface area contributed by atoms with E-state index in [2.05, 4.69) is 20.4 Å². The Balaban J connectivity index is 1.30. The Kier molecular flexibility index (Phi) is 5.94. The van der Waals surface area contributed by atoms with Gasteiger partial charge in [-0.1, -0.05) is 0 Å². The fourth-order valence-electron chi connectivity index (χ4n) is 3.45. The highest BCUT2D eigenvalue weighted by atomic mass is 16.5. The van der Waals surface area contributed by atoms with E-state index in [9.17, 15) is 4.79 Å². The summed E-state index contributed by atoms with van der Waals surface area (Å²) in [5.74, 6) is 0. The lowest BCUT2D eigenvalue weighted by Crippen LogP contribution is -2.36. The molecule has 0 atom stereocenters. The van der Waals surface area contributed by atoms with Crippen LogP contribution in [0.25, 0.3) is 0 Å². The highest BCUT2D eigenvalue weighted by Crippen LogP contribution is 2.21. The standard InChI is InChI=1S/C21H26N4O3/c26-21(22-17-1-5-19(6-2-17)24-9-13-27-14-10-24)23-18-3-7-20(8-4-18)25-11-15-28-16-12-25/h1-8H,9-16H2,(H2,22,23,26). The lowest BCUT2D eigenvalue weighted by atomic mass is 10.2. The third-order valence-electron chi connectivity index (χ3n) is 5.00. The molecule has 0 aliphatic carbocycles. The average Bonchev–Trinajstić information content (AvgIpc) is 2.76. The molecule has 2 aromatic rings. The van der Waals surface area contributed by atoms with E-state index in [0.717, 1.165) is 75.4 Å². The maximum absolute atomic E-state index is 12.3. The van der Waals surface area contributed by atoms with Crippen LogP contribution in [0, 0.1) is 0 Å². The van der Waals surface area contributed by atoms with Gasteiger partial charge >= 0.3 is 6.03 Å². The lowest BCUT2D eigenvalue weighted by molar-refractivity contribution is 0.122. The first kappa shape index (κ1) is 18.6. The van der Waals surface area contributed by atoms with E-state index >= 15 is 0 Å². The SMILES string of the molecule is O=C(Nc1ccc(N2CCOCC2)cc1)Nc1ccc(N2CCOCC2)cc1. The number of hydrogen-bond acceptors (Lipinski definition) is 5. The van der Waals surface area contributed by atoms with Crippen LogP contribution >= 0.6 is 0 Å². The van der Waals surface area contributed by atoms with Crippen molar-refractivity contribution in [2.75, 3.05) is 73.0 Å². The second-order valence-corrected chi connectivity index (χ2v) is 6.87. The Hall–Kier alpha value is -2.77. The number of nitrogens with zero attached hydrogens (tertiary/aromatic N) is 2. The quantitative estimate of drug-likeness (QED) is 0.851. The molecule has 2 aromatic carbocycles. The number of urea groups is 1. The third kappa shape index (κ3) is 4.74. The molecule has 2 heterocycles. The minimum Gasteiger partial charge on any atom is -0.378 e. The van der Waals surface area contributed by atoms with Crippen molar-refractivity contribution in [3.63, 3.8) is 0 Å². The molecule has 7 nitrogen and oxygen atoms in total. The number of morpholine rings is 2. The van der Waals surface area contributed by atoms with Crippen molar-refractivity contribution in [3.8, 4) is 0 Å². The molecule has 4 rings (SSSR count). The van der Waals surface area contributed by atoms with Crippen LogP contribution in [0.1, 0.15) is 0 Å². The van der Waals surface area contributed by atoms with Gasteiger partial charge in [0.2, 0.25) is 0 Å². The number of ether oxygens (including phenoxy) is 2. The topological polar surface area (TPSA) is 66.1 Å². The fraction of sp³-hybridized carbons (Fsp3) is 0.381. The van der Waals surface area contributed by atoms with Crippen LogP contribution in [-0.4, -0.2) is 58.6 Å². The van der Waals surface area contributed by atoms with Crippen molar-refractivity contribution in [2.45, 2.75) is 0 Å². The molecule has 0 aromatic heterocycles. The van der Waals surface area contributed by atoms with E-state index in [-0.39, 0.29) is 6.03 Å². The van der Waals surface area contributed by atoms with Gasteiger partial charge in [0.25, 0.3) is 0 Å². The van der Waals surface area contributed by atoms with Crippen LogP contribution in [0.15, 0.2) is 48.5 Å². The van der Waals surface area contributed by atoms with Gasteiger partial charge in [-0.2, -0.15) is 0 Å². The molecule has 0 spiro atoms. The van der Waals surface area contributed by atoms with E-state index in [0.29, 0.717) is 0 Å². The molecule has 0 saturated carbocycles. The Morgan fingerprint density at radius 1 is 0.643 bits per heavy atom. The summed E-state index contributed by atoms with van der Waals surface area (Å²) >= 11 is 0. The van der Waals surface area contributed by atoms with Crippen LogP contribution in [0.4, 0.5) is 27.5 Å². The molecule has 2 amide bonds. The number of benzene rings is 2. The number of amides is 2. The summed E-state index contributed by atoms with van der Waals surface area (Å²) in [5.41, 5.74) is 3.82. The minimum atomic E-state index is -0.252. The van der Waals surface area contributed by atoms with E-state index in [1.165, 1.54) is 0 Å². The zero-order valence-electron chi connectivity index (χ0n) is 15.9. The third-order valence-corrected chi connectivity index (χ3v) is 5.00. The van der Waals surface area contributed by atoms with Crippen LogP contribution in [0.2, 0.25) is 0 Å². The Bertz CT molecular complexity index is 702. The first-order valence-corrected chi connectivity index (χ1v) is 9.71. The summed E-state index contributed by atoms with van der Waals surface area (Å²) in [6.07, 6.45) is 0. The molecule has 2 N–H and O–H groups in total. The van der Waals surface area contributed by atoms with Crippen molar-refractivity contribution in [2.24, 2.45) is 0 Å². The van der Waals surface area contributed by atoms with E-state index in [4.69, 9.17) is 9.47 Å². The predicted molar refractivity (Wildman–Crippen MR) is 112 cm³/mol. The van der Waals surface area contributed by atoms with Gasteiger partial charge in [-0.3, -0.25) is 0 Å². The summed E-state index contributed by atoms with van der Waals surface area (Å²) in [5, 5.41) is 5.76. The van der Waals surface area contributed by atoms with Gasteiger partial charge < -0.3 is 29.9 Å². The monoisotopic (exact) mass is 382 g/mol. The van der Waals surface area contributed by atoms with Crippen LogP contribution in [-0.2, 0) is 9.47 Å². The van der Waals surface area contributed by atoms with Gasteiger partial charge in [0.05, 0.1) is 26.4 Å². The van der Waals surface area contributed by atoms with E-state index < -0.39 is 0 Å². The number of nitrogens with one attached hydrogen (secondary N) is 2. The molecule has 2 fully saturated rings. The van der Waals surface area contributed by atoms with Crippen molar-refractivity contribution < 1.29 is 14.3 Å². The fourth-order valence-corrected chi connectivity index (χ4v) is 3.45. The smallest absolute Gasteiger partial charge is 0.323 e. The molecule has 0 radical (unpaired) electrons. The van der Waals surface area contributed by atoms with Crippen molar-refractivity contribution in [3.05, 3.63) is 48.5 Å². The van der Waals surface area contributed by atoms with Crippen molar-refractivity contribution in [1.82, 2.24) is 0 Å². The Morgan fingerprint density at radius 2 is 1.00 bits per heavy atom. The molecular weight excluding hydrogens is 356 g/mol. The summed E-state index contributed by atoms with van der Waals surface area (Å²) in [6, 6.07) is 15.5. The summed E-state index contributed by atoms with van der Waals surface area (Å²) in [6.45, 7) is 6.61. The van der Waals surface area contributed by atoms with E-state index in [1.807, 2.05) is 48.5 Å². The van der Waals surface area contributed by atoms with Crippen LogP contribution in [0.3, 0.4) is 0 Å². The second kappa shape index (κ2) is 8.95. The average molecular weight is 382 g/mol. The molecule has 2 aliphatic rings.